The molecule has 26 heavy (non-hydrogen) atoms. The Kier molecular flexibility index (Phi) is 5.11. The van der Waals surface area contributed by atoms with Gasteiger partial charge in [0, 0.05) is 6.54 Å². The molecule has 0 radical (unpaired) electrons. The predicted molar refractivity (Wildman–Crippen MR) is 95.2 cm³/mol. The average Bonchev–Trinajstić information content (AvgIpc) is 3.09. The minimum atomic E-state index is -0.891. The molecule has 1 heterocycles. The van der Waals surface area contributed by atoms with Crippen LogP contribution in [0.5, 0.6) is 11.5 Å². The molecule has 0 fully saturated rings. The van der Waals surface area contributed by atoms with Gasteiger partial charge in [0.1, 0.15) is 0 Å². The standard InChI is InChI=1S/C20H21NO5/c1-12-4-6-16(8-13(12)2)20(23)26-14(3)19(22)21-10-15-5-7-17-18(9-15)25-11-24-17/h4-9,14H,10-11H2,1-3H3,(H,21,22)/t14-/m1/s1. The Morgan fingerprint density at radius 1 is 1.08 bits per heavy atom. The van der Waals surface area contributed by atoms with Gasteiger partial charge < -0.3 is 19.5 Å². The highest BCUT2D eigenvalue weighted by Gasteiger charge is 2.19. The van der Waals surface area contributed by atoms with Gasteiger partial charge in [-0.1, -0.05) is 12.1 Å². The monoisotopic (exact) mass is 355 g/mol. The minimum absolute atomic E-state index is 0.205. The van der Waals surface area contributed by atoms with Crippen LogP contribution in [-0.2, 0) is 16.1 Å². The normalized spacial score (nSPS) is 13.2. The zero-order valence-electron chi connectivity index (χ0n) is 15.0. The minimum Gasteiger partial charge on any atom is -0.454 e. The van der Waals surface area contributed by atoms with Crippen LogP contribution in [0, 0.1) is 13.8 Å². The smallest absolute Gasteiger partial charge is 0.338 e. The van der Waals surface area contributed by atoms with Gasteiger partial charge >= 0.3 is 5.97 Å². The highest BCUT2D eigenvalue weighted by molar-refractivity contribution is 5.92. The van der Waals surface area contributed by atoms with Gasteiger partial charge in [-0.25, -0.2) is 4.79 Å². The Hall–Kier alpha value is -3.02. The van der Waals surface area contributed by atoms with Gasteiger partial charge in [0.25, 0.3) is 5.91 Å². The van der Waals surface area contributed by atoms with Crippen molar-refractivity contribution >= 4 is 11.9 Å². The summed E-state index contributed by atoms with van der Waals surface area (Å²) in [7, 11) is 0. The zero-order chi connectivity index (χ0) is 18.7. The number of hydrogen-bond donors (Lipinski definition) is 1. The molecule has 1 aliphatic heterocycles. The van der Waals surface area contributed by atoms with Gasteiger partial charge in [-0.3, -0.25) is 4.79 Å². The molecule has 3 rings (SSSR count). The number of carbonyl (C=O) groups excluding carboxylic acids is 2. The van der Waals surface area contributed by atoms with Crippen molar-refractivity contribution in [1.29, 1.82) is 0 Å². The highest BCUT2D eigenvalue weighted by Crippen LogP contribution is 2.32. The van der Waals surface area contributed by atoms with E-state index in [0.29, 0.717) is 23.6 Å². The van der Waals surface area contributed by atoms with Crippen molar-refractivity contribution in [2.75, 3.05) is 6.79 Å². The van der Waals surface area contributed by atoms with Gasteiger partial charge in [0.05, 0.1) is 5.56 Å². The van der Waals surface area contributed by atoms with Gasteiger partial charge in [0.15, 0.2) is 17.6 Å². The molecule has 6 nitrogen and oxygen atoms in total. The Bertz CT molecular complexity index is 846. The fraction of sp³-hybridized carbons (Fsp3) is 0.300. The summed E-state index contributed by atoms with van der Waals surface area (Å²) < 4.78 is 15.8. The Balaban J connectivity index is 1.54. The number of aryl methyl sites for hydroxylation is 2. The van der Waals surface area contributed by atoms with Crippen LogP contribution in [0.15, 0.2) is 36.4 Å². The van der Waals surface area contributed by atoms with E-state index in [9.17, 15) is 9.59 Å². The highest BCUT2D eigenvalue weighted by atomic mass is 16.7. The average molecular weight is 355 g/mol. The number of rotatable bonds is 5. The quantitative estimate of drug-likeness (QED) is 0.835. The van der Waals surface area contributed by atoms with Crippen molar-refractivity contribution in [3.05, 3.63) is 58.7 Å². The molecule has 1 amide bonds. The van der Waals surface area contributed by atoms with Gasteiger partial charge in [-0.05, 0) is 61.7 Å². The molecule has 2 aromatic carbocycles. The van der Waals surface area contributed by atoms with Gasteiger partial charge in [0.2, 0.25) is 6.79 Å². The number of benzene rings is 2. The molecular weight excluding hydrogens is 334 g/mol. The van der Waals surface area contributed by atoms with Crippen molar-refractivity contribution in [2.24, 2.45) is 0 Å². The third-order valence-corrected chi connectivity index (χ3v) is 4.30. The molecule has 0 bridgehead atoms. The van der Waals surface area contributed by atoms with Crippen LogP contribution in [0.3, 0.4) is 0 Å². The van der Waals surface area contributed by atoms with Crippen molar-refractivity contribution in [1.82, 2.24) is 5.32 Å². The molecule has 1 aliphatic rings. The van der Waals surface area contributed by atoms with Crippen molar-refractivity contribution < 1.29 is 23.8 Å². The molecule has 136 valence electrons. The summed E-state index contributed by atoms with van der Waals surface area (Å²) in [5.41, 5.74) is 3.40. The molecule has 0 unspecified atom stereocenters. The second kappa shape index (κ2) is 7.47. The lowest BCUT2D eigenvalue weighted by Crippen LogP contribution is -2.35. The molecule has 1 N–H and O–H groups in total. The summed E-state index contributed by atoms with van der Waals surface area (Å²) in [4.78, 5) is 24.4. The Labute approximate surface area is 152 Å². The SMILES string of the molecule is Cc1ccc(C(=O)O[C@H](C)C(=O)NCc2ccc3c(c2)OCO3)cc1C. The first-order valence-corrected chi connectivity index (χ1v) is 8.38. The van der Waals surface area contributed by atoms with E-state index in [2.05, 4.69) is 5.32 Å². The zero-order valence-corrected chi connectivity index (χ0v) is 15.0. The predicted octanol–water partition coefficient (Wildman–Crippen LogP) is 2.89. The van der Waals surface area contributed by atoms with Crippen molar-refractivity contribution in [3.63, 3.8) is 0 Å². The van der Waals surface area contributed by atoms with Gasteiger partial charge in [-0.15, -0.1) is 0 Å². The lowest BCUT2D eigenvalue weighted by molar-refractivity contribution is -0.129. The summed E-state index contributed by atoms with van der Waals surface area (Å²) in [6.07, 6.45) is -0.891. The fourth-order valence-electron chi connectivity index (χ4n) is 2.53. The summed E-state index contributed by atoms with van der Waals surface area (Å²) in [5.74, 6) is 0.473. The Morgan fingerprint density at radius 3 is 2.62 bits per heavy atom. The van der Waals surface area contributed by atoms with Crippen LogP contribution < -0.4 is 14.8 Å². The molecule has 0 aromatic heterocycles. The molecule has 0 saturated heterocycles. The maximum Gasteiger partial charge on any atom is 0.338 e. The van der Waals surface area contributed by atoms with Crippen LogP contribution in [0.1, 0.15) is 34.0 Å². The van der Waals surface area contributed by atoms with E-state index in [1.807, 2.05) is 32.0 Å². The van der Waals surface area contributed by atoms with Crippen LogP contribution in [-0.4, -0.2) is 24.8 Å². The second-order valence-electron chi connectivity index (χ2n) is 6.25. The molecule has 0 saturated carbocycles. The molecule has 1 atom stereocenters. The summed E-state index contributed by atoms with van der Waals surface area (Å²) >= 11 is 0. The maximum absolute atomic E-state index is 12.2. The number of esters is 1. The summed E-state index contributed by atoms with van der Waals surface area (Å²) in [5, 5.41) is 2.75. The molecule has 0 aliphatic carbocycles. The number of fused-ring (bicyclic) bond motifs is 1. The van der Waals surface area contributed by atoms with Gasteiger partial charge in [-0.2, -0.15) is 0 Å². The number of ether oxygens (including phenoxy) is 3. The lowest BCUT2D eigenvalue weighted by Gasteiger charge is -2.14. The van der Waals surface area contributed by atoms with E-state index in [4.69, 9.17) is 14.2 Å². The molecule has 0 spiro atoms. The number of carbonyl (C=O) groups is 2. The van der Waals surface area contributed by atoms with E-state index in [1.54, 1.807) is 25.1 Å². The first kappa shape index (κ1) is 17.8. The largest absolute Gasteiger partial charge is 0.454 e. The van der Waals surface area contributed by atoms with Crippen LogP contribution in [0.4, 0.5) is 0 Å². The van der Waals surface area contributed by atoms with Crippen molar-refractivity contribution in [2.45, 2.75) is 33.4 Å². The first-order valence-electron chi connectivity index (χ1n) is 8.38. The van der Waals surface area contributed by atoms with E-state index in [0.717, 1.165) is 16.7 Å². The van der Waals surface area contributed by atoms with E-state index in [1.165, 1.54) is 0 Å². The summed E-state index contributed by atoms with van der Waals surface area (Å²) in [6.45, 7) is 5.95. The first-order chi connectivity index (χ1) is 12.4. The third-order valence-electron chi connectivity index (χ3n) is 4.30. The third kappa shape index (κ3) is 3.96. The van der Waals surface area contributed by atoms with Crippen LogP contribution in [0.2, 0.25) is 0 Å². The molecule has 2 aromatic rings. The Morgan fingerprint density at radius 2 is 1.85 bits per heavy atom. The number of nitrogens with one attached hydrogen (secondary N) is 1. The molecule has 6 heteroatoms. The lowest BCUT2D eigenvalue weighted by atomic mass is 10.1. The van der Waals surface area contributed by atoms with E-state index in [-0.39, 0.29) is 12.7 Å². The maximum atomic E-state index is 12.2. The van der Waals surface area contributed by atoms with Crippen LogP contribution >= 0.6 is 0 Å². The topological polar surface area (TPSA) is 73.9 Å². The second-order valence-corrected chi connectivity index (χ2v) is 6.25. The number of hydrogen-bond acceptors (Lipinski definition) is 5. The van der Waals surface area contributed by atoms with E-state index < -0.39 is 12.1 Å². The van der Waals surface area contributed by atoms with E-state index >= 15 is 0 Å². The van der Waals surface area contributed by atoms with Crippen LogP contribution in [0.25, 0.3) is 0 Å². The fourth-order valence-corrected chi connectivity index (χ4v) is 2.53. The summed E-state index contributed by atoms with van der Waals surface area (Å²) in [6, 6.07) is 10.8. The van der Waals surface area contributed by atoms with Crippen molar-refractivity contribution in [3.8, 4) is 11.5 Å². The molecular formula is C20H21NO5. The number of amides is 1.